The van der Waals surface area contributed by atoms with Crippen molar-refractivity contribution < 1.29 is 0 Å². The number of hydrogen-bond donors (Lipinski definition) is 0. The third-order valence-electron chi connectivity index (χ3n) is 5.92. The normalized spacial score (nSPS) is 23.5. The van der Waals surface area contributed by atoms with Crippen LogP contribution >= 0.6 is 31.9 Å². The van der Waals surface area contributed by atoms with Crippen LogP contribution in [0.2, 0.25) is 0 Å². The van der Waals surface area contributed by atoms with Gasteiger partial charge in [-0.15, -0.1) is 0 Å². The lowest BCUT2D eigenvalue weighted by Crippen LogP contribution is -2.18. The summed E-state index contributed by atoms with van der Waals surface area (Å²) in [5.41, 5.74) is 3.41. The number of rotatable bonds is 13. The molecule has 2 heteroatoms. The van der Waals surface area contributed by atoms with E-state index >= 15 is 0 Å². The summed E-state index contributed by atoms with van der Waals surface area (Å²) in [6.45, 7) is 4.58. The molecule has 2 aliphatic rings. The lowest BCUT2D eigenvalue weighted by molar-refractivity contribution is 0.456. The second-order valence-corrected chi connectivity index (χ2v) is 9.61. The fraction of sp³-hybridized carbons (Fsp3) is 0.818. The fourth-order valence-electron chi connectivity index (χ4n) is 4.12. The highest BCUT2D eigenvalue weighted by atomic mass is 79.9. The molecule has 2 aliphatic carbocycles. The van der Waals surface area contributed by atoms with Gasteiger partial charge in [-0.25, -0.2) is 0 Å². The SMILES string of the molecule is CCCCCCC1CC(CCC2=C(Br)C(CCCCCC)C2)=C1Br. The number of halogens is 2. The predicted molar refractivity (Wildman–Crippen MR) is 115 cm³/mol. The van der Waals surface area contributed by atoms with Crippen LogP contribution in [0.3, 0.4) is 0 Å². The second-order valence-electron chi connectivity index (χ2n) is 7.90. The van der Waals surface area contributed by atoms with Crippen molar-refractivity contribution >= 4 is 31.9 Å². The maximum absolute atomic E-state index is 3.88. The Morgan fingerprint density at radius 3 is 1.42 bits per heavy atom. The molecule has 2 rings (SSSR count). The highest BCUT2D eigenvalue weighted by Crippen LogP contribution is 2.48. The van der Waals surface area contributed by atoms with E-state index in [0.717, 1.165) is 11.8 Å². The highest BCUT2D eigenvalue weighted by molar-refractivity contribution is 9.12. The van der Waals surface area contributed by atoms with Crippen molar-refractivity contribution in [2.24, 2.45) is 11.8 Å². The van der Waals surface area contributed by atoms with Crippen LogP contribution in [0.15, 0.2) is 20.1 Å². The molecule has 2 unspecified atom stereocenters. The van der Waals surface area contributed by atoms with Crippen LogP contribution in [0.5, 0.6) is 0 Å². The average Bonchev–Trinajstić information content (AvgIpc) is 2.59. The molecule has 2 atom stereocenters. The number of hydrogen-bond acceptors (Lipinski definition) is 0. The Balaban J connectivity index is 1.62. The van der Waals surface area contributed by atoms with Crippen molar-refractivity contribution in [3.63, 3.8) is 0 Å². The van der Waals surface area contributed by atoms with Gasteiger partial charge < -0.3 is 0 Å². The summed E-state index contributed by atoms with van der Waals surface area (Å²) < 4.78 is 3.12. The molecule has 0 heterocycles. The molecule has 0 aromatic rings. The van der Waals surface area contributed by atoms with Crippen molar-refractivity contribution in [2.75, 3.05) is 0 Å². The van der Waals surface area contributed by atoms with Crippen LogP contribution in [0.1, 0.15) is 104 Å². The molecular formula is C22H36Br2. The van der Waals surface area contributed by atoms with Gasteiger partial charge in [0.1, 0.15) is 0 Å². The Bertz CT molecular complexity index is 405. The molecule has 0 aromatic heterocycles. The van der Waals surface area contributed by atoms with Gasteiger partial charge in [-0.1, -0.05) is 108 Å². The van der Waals surface area contributed by atoms with Crippen molar-refractivity contribution in [2.45, 2.75) is 104 Å². The van der Waals surface area contributed by atoms with E-state index in [4.69, 9.17) is 0 Å². The quantitative estimate of drug-likeness (QED) is 0.241. The van der Waals surface area contributed by atoms with E-state index < -0.39 is 0 Å². The largest absolute Gasteiger partial charge is 0.0654 e. The summed E-state index contributed by atoms with van der Waals surface area (Å²) in [5.74, 6) is 1.70. The van der Waals surface area contributed by atoms with E-state index in [1.165, 1.54) is 89.9 Å². The molecule has 24 heavy (non-hydrogen) atoms. The predicted octanol–water partition coefficient (Wildman–Crippen LogP) is 9.05. The van der Waals surface area contributed by atoms with E-state index in [0.29, 0.717) is 0 Å². The Labute approximate surface area is 167 Å². The van der Waals surface area contributed by atoms with Gasteiger partial charge in [-0.2, -0.15) is 0 Å². The lowest BCUT2D eigenvalue weighted by Gasteiger charge is -2.34. The van der Waals surface area contributed by atoms with Crippen LogP contribution in [-0.4, -0.2) is 0 Å². The Kier molecular flexibility index (Phi) is 9.70. The summed E-state index contributed by atoms with van der Waals surface area (Å²) in [6, 6.07) is 0. The molecule has 0 amide bonds. The Morgan fingerprint density at radius 1 is 0.667 bits per heavy atom. The van der Waals surface area contributed by atoms with Crippen molar-refractivity contribution in [3.8, 4) is 0 Å². The number of allylic oxidation sites excluding steroid dienone is 4. The second kappa shape index (κ2) is 11.2. The molecule has 0 bridgehead atoms. The summed E-state index contributed by atoms with van der Waals surface area (Å²) in [7, 11) is 0. The van der Waals surface area contributed by atoms with E-state index in [1.807, 2.05) is 0 Å². The zero-order valence-electron chi connectivity index (χ0n) is 15.8. The first-order valence-corrected chi connectivity index (χ1v) is 12.0. The van der Waals surface area contributed by atoms with Crippen LogP contribution in [-0.2, 0) is 0 Å². The first kappa shape index (κ1) is 20.7. The Morgan fingerprint density at radius 2 is 1.08 bits per heavy atom. The Hall–Kier alpha value is 0.440. The van der Waals surface area contributed by atoms with Gasteiger partial charge in [0.15, 0.2) is 0 Å². The minimum absolute atomic E-state index is 0.849. The summed E-state index contributed by atoms with van der Waals surface area (Å²) in [4.78, 5) is 0. The van der Waals surface area contributed by atoms with Gasteiger partial charge in [0.2, 0.25) is 0 Å². The standard InChI is InChI=1S/C22H36Br2/c1-3-5-7-9-11-17-15-19(21(17)23)13-14-20-16-18(22(20)24)12-10-8-6-4-2/h17-18H,3-16H2,1-2H3. The monoisotopic (exact) mass is 458 g/mol. The zero-order valence-corrected chi connectivity index (χ0v) is 19.0. The van der Waals surface area contributed by atoms with Crippen LogP contribution in [0, 0.1) is 11.8 Å². The third kappa shape index (κ3) is 6.01. The van der Waals surface area contributed by atoms with E-state index in [-0.39, 0.29) is 0 Å². The maximum Gasteiger partial charge on any atom is -0.00228 e. The molecule has 0 N–H and O–H groups in total. The smallest absolute Gasteiger partial charge is 0.00228 e. The minimum Gasteiger partial charge on any atom is -0.0654 e. The van der Waals surface area contributed by atoms with Crippen molar-refractivity contribution in [1.82, 2.24) is 0 Å². The van der Waals surface area contributed by atoms with Crippen molar-refractivity contribution in [1.29, 1.82) is 0 Å². The molecule has 0 spiro atoms. The zero-order chi connectivity index (χ0) is 17.4. The topological polar surface area (TPSA) is 0 Å². The summed E-state index contributed by atoms with van der Waals surface area (Å²) in [6.07, 6.45) is 19.3. The first-order chi connectivity index (χ1) is 11.7. The molecule has 0 radical (unpaired) electrons. The van der Waals surface area contributed by atoms with Crippen LogP contribution in [0.25, 0.3) is 0 Å². The molecule has 0 fully saturated rings. The third-order valence-corrected chi connectivity index (χ3v) is 8.34. The van der Waals surface area contributed by atoms with Gasteiger partial charge in [0, 0.05) is 0 Å². The first-order valence-electron chi connectivity index (χ1n) is 10.4. The van der Waals surface area contributed by atoms with Gasteiger partial charge in [0.05, 0.1) is 0 Å². The summed E-state index contributed by atoms with van der Waals surface area (Å²) in [5, 5.41) is 0. The lowest BCUT2D eigenvalue weighted by atomic mass is 9.76. The van der Waals surface area contributed by atoms with Gasteiger partial charge in [-0.05, 0) is 59.3 Å². The average molecular weight is 460 g/mol. The molecule has 0 nitrogen and oxygen atoms in total. The van der Waals surface area contributed by atoms with E-state index in [9.17, 15) is 0 Å². The molecule has 138 valence electrons. The fourth-order valence-corrected chi connectivity index (χ4v) is 5.62. The molecule has 0 aromatic carbocycles. The van der Waals surface area contributed by atoms with Gasteiger partial charge >= 0.3 is 0 Å². The van der Waals surface area contributed by atoms with Gasteiger partial charge in [-0.3, -0.25) is 0 Å². The molecule has 0 aliphatic heterocycles. The van der Waals surface area contributed by atoms with E-state index in [2.05, 4.69) is 45.7 Å². The van der Waals surface area contributed by atoms with Crippen molar-refractivity contribution in [3.05, 3.63) is 20.1 Å². The number of unbranched alkanes of at least 4 members (excludes halogenated alkanes) is 6. The van der Waals surface area contributed by atoms with Gasteiger partial charge in [0.25, 0.3) is 0 Å². The highest BCUT2D eigenvalue weighted by Gasteiger charge is 2.30. The maximum atomic E-state index is 3.88. The van der Waals surface area contributed by atoms with Crippen LogP contribution < -0.4 is 0 Å². The van der Waals surface area contributed by atoms with E-state index in [1.54, 1.807) is 20.1 Å². The molecule has 0 saturated carbocycles. The van der Waals surface area contributed by atoms with Crippen LogP contribution in [0.4, 0.5) is 0 Å². The summed E-state index contributed by atoms with van der Waals surface area (Å²) >= 11 is 7.76. The molecule has 0 saturated heterocycles. The minimum atomic E-state index is 0.849. The molecular weight excluding hydrogens is 424 g/mol.